The van der Waals surface area contributed by atoms with Crippen LogP contribution in [-0.2, 0) is 0 Å². The van der Waals surface area contributed by atoms with Gasteiger partial charge in [-0.05, 0) is 12.1 Å². The van der Waals surface area contributed by atoms with E-state index in [0.29, 0.717) is 5.56 Å². The van der Waals surface area contributed by atoms with Crippen molar-refractivity contribution in [1.29, 1.82) is 0 Å². The molecular formula is C9H10N4O. The molecule has 2 aromatic heterocycles. The molecule has 0 aliphatic heterocycles. The second-order valence-electron chi connectivity index (χ2n) is 3.16. The third-order valence-electron chi connectivity index (χ3n) is 1.94. The van der Waals surface area contributed by atoms with Gasteiger partial charge in [-0.2, -0.15) is 14.8 Å². The number of carbonyl (C=O) groups is 1. The monoisotopic (exact) mass is 190 g/mol. The fourth-order valence-corrected chi connectivity index (χ4v) is 1.24. The minimum Gasteiger partial charge on any atom is -0.345 e. The first-order chi connectivity index (χ1) is 6.70. The Kier molecular flexibility index (Phi) is 1.92. The van der Waals surface area contributed by atoms with Gasteiger partial charge in [-0.1, -0.05) is 0 Å². The SMILES string of the molecule is CN(C)C(=O)c1cnn2ncccc12. The average molecular weight is 190 g/mol. The molecule has 0 aromatic carbocycles. The highest BCUT2D eigenvalue weighted by Gasteiger charge is 2.13. The number of nitrogens with zero attached hydrogens (tertiary/aromatic N) is 4. The van der Waals surface area contributed by atoms with Gasteiger partial charge in [0.1, 0.15) is 5.52 Å². The molecule has 0 saturated heterocycles. The highest BCUT2D eigenvalue weighted by atomic mass is 16.2. The molecule has 0 spiro atoms. The van der Waals surface area contributed by atoms with Gasteiger partial charge in [-0.3, -0.25) is 4.79 Å². The summed E-state index contributed by atoms with van der Waals surface area (Å²) in [5.74, 6) is -0.0620. The Morgan fingerprint density at radius 1 is 1.43 bits per heavy atom. The molecule has 72 valence electrons. The van der Waals surface area contributed by atoms with Gasteiger partial charge in [-0.25, -0.2) is 0 Å². The van der Waals surface area contributed by atoms with Crippen molar-refractivity contribution in [2.24, 2.45) is 0 Å². The average Bonchev–Trinajstić information content (AvgIpc) is 2.60. The van der Waals surface area contributed by atoms with Crippen LogP contribution in [-0.4, -0.2) is 39.7 Å². The third-order valence-corrected chi connectivity index (χ3v) is 1.94. The van der Waals surface area contributed by atoms with Crippen molar-refractivity contribution in [2.45, 2.75) is 0 Å². The number of hydrogen-bond donors (Lipinski definition) is 0. The molecule has 0 radical (unpaired) electrons. The topological polar surface area (TPSA) is 50.5 Å². The molecule has 0 aliphatic carbocycles. The van der Waals surface area contributed by atoms with E-state index >= 15 is 0 Å². The standard InChI is InChI=1S/C9H10N4O/c1-12(2)9(14)7-6-11-13-8(7)4-3-5-10-13/h3-6H,1-2H3. The van der Waals surface area contributed by atoms with Crippen molar-refractivity contribution >= 4 is 11.4 Å². The van der Waals surface area contributed by atoms with Gasteiger partial charge in [0.2, 0.25) is 0 Å². The first-order valence-electron chi connectivity index (χ1n) is 4.21. The van der Waals surface area contributed by atoms with Crippen molar-refractivity contribution < 1.29 is 4.79 Å². The van der Waals surface area contributed by atoms with Crippen LogP contribution in [0.15, 0.2) is 24.5 Å². The lowest BCUT2D eigenvalue weighted by Crippen LogP contribution is -2.21. The quantitative estimate of drug-likeness (QED) is 0.655. The van der Waals surface area contributed by atoms with E-state index in [-0.39, 0.29) is 5.91 Å². The van der Waals surface area contributed by atoms with Gasteiger partial charge in [0, 0.05) is 20.3 Å². The van der Waals surface area contributed by atoms with Crippen LogP contribution in [0.3, 0.4) is 0 Å². The number of hydrogen-bond acceptors (Lipinski definition) is 3. The second-order valence-corrected chi connectivity index (χ2v) is 3.16. The van der Waals surface area contributed by atoms with Gasteiger partial charge in [0.15, 0.2) is 0 Å². The van der Waals surface area contributed by atoms with E-state index in [1.165, 1.54) is 15.7 Å². The summed E-state index contributed by atoms with van der Waals surface area (Å²) in [6.07, 6.45) is 3.16. The maximum Gasteiger partial charge on any atom is 0.257 e. The summed E-state index contributed by atoms with van der Waals surface area (Å²) in [5, 5.41) is 7.96. The number of aromatic nitrogens is 3. The summed E-state index contributed by atoms with van der Waals surface area (Å²) in [6.45, 7) is 0. The fraction of sp³-hybridized carbons (Fsp3) is 0.222. The molecule has 2 rings (SSSR count). The highest BCUT2D eigenvalue weighted by molar-refractivity contribution is 6.00. The van der Waals surface area contributed by atoms with Gasteiger partial charge in [0.05, 0.1) is 11.8 Å². The van der Waals surface area contributed by atoms with Crippen molar-refractivity contribution in [3.63, 3.8) is 0 Å². The molecular weight excluding hydrogens is 180 g/mol. The number of carbonyl (C=O) groups excluding carboxylic acids is 1. The van der Waals surface area contributed by atoms with Crippen LogP contribution in [0, 0.1) is 0 Å². The van der Waals surface area contributed by atoms with Crippen LogP contribution in [0.1, 0.15) is 10.4 Å². The lowest BCUT2D eigenvalue weighted by atomic mass is 10.2. The maximum absolute atomic E-state index is 11.7. The van der Waals surface area contributed by atoms with Crippen molar-refractivity contribution in [3.8, 4) is 0 Å². The summed E-state index contributed by atoms with van der Waals surface area (Å²) in [6, 6.07) is 3.60. The first kappa shape index (κ1) is 8.68. The predicted molar refractivity (Wildman–Crippen MR) is 51.0 cm³/mol. The van der Waals surface area contributed by atoms with Gasteiger partial charge >= 0.3 is 0 Å². The van der Waals surface area contributed by atoms with E-state index in [2.05, 4.69) is 10.2 Å². The molecule has 5 nitrogen and oxygen atoms in total. The number of rotatable bonds is 1. The molecule has 0 unspecified atom stereocenters. The minimum absolute atomic E-state index is 0.0620. The highest BCUT2D eigenvalue weighted by Crippen LogP contribution is 2.09. The molecule has 0 atom stereocenters. The molecule has 5 heteroatoms. The smallest absolute Gasteiger partial charge is 0.257 e. The van der Waals surface area contributed by atoms with Crippen LogP contribution >= 0.6 is 0 Å². The van der Waals surface area contributed by atoms with Crippen molar-refractivity contribution in [3.05, 3.63) is 30.1 Å². The Morgan fingerprint density at radius 3 is 2.93 bits per heavy atom. The van der Waals surface area contributed by atoms with Gasteiger partial charge < -0.3 is 4.90 Å². The molecule has 2 heterocycles. The zero-order chi connectivity index (χ0) is 10.1. The van der Waals surface area contributed by atoms with E-state index < -0.39 is 0 Å². The Labute approximate surface area is 80.9 Å². The summed E-state index contributed by atoms with van der Waals surface area (Å²) < 4.78 is 1.44. The molecule has 14 heavy (non-hydrogen) atoms. The van der Waals surface area contributed by atoms with E-state index in [1.807, 2.05) is 6.07 Å². The Balaban J connectivity index is 2.58. The van der Waals surface area contributed by atoms with Crippen LogP contribution in [0.2, 0.25) is 0 Å². The van der Waals surface area contributed by atoms with Gasteiger partial charge in [-0.15, -0.1) is 0 Å². The second kappa shape index (κ2) is 3.10. The Morgan fingerprint density at radius 2 is 2.21 bits per heavy atom. The maximum atomic E-state index is 11.7. The van der Waals surface area contributed by atoms with Crippen LogP contribution in [0.4, 0.5) is 0 Å². The predicted octanol–water partition coefficient (Wildman–Crippen LogP) is 0.431. The van der Waals surface area contributed by atoms with Crippen LogP contribution < -0.4 is 0 Å². The first-order valence-corrected chi connectivity index (χ1v) is 4.21. The van der Waals surface area contributed by atoms with E-state index in [9.17, 15) is 4.79 Å². The molecule has 0 saturated carbocycles. The lowest BCUT2D eigenvalue weighted by Gasteiger charge is -2.07. The van der Waals surface area contributed by atoms with E-state index in [1.54, 1.807) is 26.4 Å². The molecule has 1 amide bonds. The molecule has 0 fully saturated rings. The Hall–Kier alpha value is -1.91. The largest absolute Gasteiger partial charge is 0.345 e. The Bertz CT molecular complexity index is 474. The summed E-state index contributed by atoms with van der Waals surface area (Å²) in [7, 11) is 3.42. The zero-order valence-corrected chi connectivity index (χ0v) is 8.01. The van der Waals surface area contributed by atoms with Crippen molar-refractivity contribution in [1.82, 2.24) is 19.7 Å². The third kappa shape index (κ3) is 1.22. The number of fused-ring (bicyclic) bond motifs is 1. The normalized spacial score (nSPS) is 10.4. The number of amides is 1. The lowest BCUT2D eigenvalue weighted by molar-refractivity contribution is 0.0829. The van der Waals surface area contributed by atoms with Crippen LogP contribution in [0.25, 0.3) is 5.52 Å². The summed E-state index contributed by atoms with van der Waals surface area (Å²) >= 11 is 0. The summed E-state index contributed by atoms with van der Waals surface area (Å²) in [4.78, 5) is 13.2. The molecule has 2 aromatic rings. The van der Waals surface area contributed by atoms with Gasteiger partial charge in [0.25, 0.3) is 5.91 Å². The molecule has 0 aliphatic rings. The molecule has 0 bridgehead atoms. The summed E-state index contributed by atoms with van der Waals surface area (Å²) in [5.41, 5.74) is 1.30. The zero-order valence-electron chi connectivity index (χ0n) is 8.01. The minimum atomic E-state index is -0.0620. The van der Waals surface area contributed by atoms with E-state index in [0.717, 1.165) is 5.52 Å². The van der Waals surface area contributed by atoms with E-state index in [4.69, 9.17) is 0 Å². The van der Waals surface area contributed by atoms with Crippen molar-refractivity contribution in [2.75, 3.05) is 14.1 Å². The fourth-order valence-electron chi connectivity index (χ4n) is 1.24. The van der Waals surface area contributed by atoms with Crippen LogP contribution in [0.5, 0.6) is 0 Å². The molecule has 0 N–H and O–H groups in total.